The van der Waals surface area contributed by atoms with Crippen molar-refractivity contribution in [3.8, 4) is 0 Å². The first-order valence-electron chi connectivity index (χ1n) is 8.85. The first-order chi connectivity index (χ1) is 9.50. The fourth-order valence-electron chi connectivity index (χ4n) is 5.49. The largest absolute Gasteiger partial charge is 0.380 e. The van der Waals surface area contributed by atoms with E-state index in [1.807, 2.05) is 0 Å². The molecule has 0 aromatic carbocycles. The molecule has 0 amide bonds. The summed E-state index contributed by atoms with van der Waals surface area (Å²) < 4.78 is 5.70. The van der Waals surface area contributed by atoms with Crippen molar-refractivity contribution in [3.63, 3.8) is 0 Å². The molecular formula is C19H37NO. The van der Waals surface area contributed by atoms with E-state index in [2.05, 4.69) is 60.3 Å². The summed E-state index contributed by atoms with van der Waals surface area (Å²) in [4.78, 5) is 2.75. The molecule has 0 bridgehead atoms. The predicted molar refractivity (Wildman–Crippen MR) is 90.6 cm³/mol. The van der Waals surface area contributed by atoms with Gasteiger partial charge in [0.25, 0.3) is 0 Å². The van der Waals surface area contributed by atoms with Gasteiger partial charge in [-0.3, -0.25) is 4.90 Å². The Bertz CT molecular complexity index is 368. The quantitative estimate of drug-likeness (QED) is 0.693. The Morgan fingerprint density at radius 3 is 1.90 bits per heavy atom. The van der Waals surface area contributed by atoms with Gasteiger partial charge < -0.3 is 4.74 Å². The minimum Gasteiger partial charge on any atom is -0.380 e. The van der Waals surface area contributed by atoms with Gasteiger partial charge in [0.1, 0.15) is 0 Å². The third-order valence-electron chi connectivity index (χ3n) is 6.28. The van der Waals surface area contributed by atoms with E-state index in [0.29, 0.717) is 34.4 Å². The number of rotatable bonds is 1. The van der Waals surface area contributed by atoms with Crippen LogP contribution in [0, 0.1) is 16.2 Å². The molecule has 1 spiro atoms. The van der Waals surface area contributed by atoms with Gasteiger partial charge in [-0.2, -0.15) is 0 Å². The summed E-state index contributed by atoms with van der Waals surface area (Å²) in [6.45, 7) is 21.4. The van der Waals surface area contributed by atoms with Crippen LogP contribution in [0.5, 0.6) is 0 Å². The van der Waals surface area contributed by atoms with Gasteiger partial charge in [0.2, 0.25) is 0 Å². The van der Waals surface area contributed by atoms with Crippen LogP contribution in [0.1, 0.15) is 74.7 Å². The van der Waals surface area contributed by atoms with Gasteiger partial charge in [-0.05, 0) is 57.8 Å². The number of ether oxygens (including phenoxy) is 1. The molecule has 2 aliphatic rings. The second-order valence-corrected chi connectivity index (χ2v) is 9.65. The second kappa shape index (κ2) is 5.53. The van der Waals surface area contributed by atoms with E-state index in [-0.39, 0.29) is 0 Å². The summed E-state index contributed by atoms with van der Waals surface area (Å²) in [5, 5.41) is 0. The molecule has 2 nitrogen and oxygen atoms in total. The standard InChI is InChI=1S/C19H37NO/c1-14(2)20-15(3)9-17(5,6)11-19(12-21-13-19)18(7,8)10-16(20)4/h14-16H,9-13H2,1-8H3. The highest BCUT2D eigenvalue weighted by molar-refractivity contribution is 5.03. The summed E-state index contributed by atoms with van der Waals surface area (Å²) in [5.41, 5.74) is 1.12. The van der Waals surface area contributed by atoms with Gasteiger partial charge >= 0.3 is 0 Å². The van der Waals surface area contributed by atoms with Crippen molar-refractivity contribution < 1.29 is 4.74 Å². The highest BCUT2D eigenvalue weighted by Crippen LogP contribution is 2.56. The summed E-state index contributed by atoms with van der Waals surface area (Å²) in [7, 11) is 0. The Kier molecular flexibility index (Phi) is 4.55. The number of hydrogen-bond acceptors (Lipinski definition) is 2. The van der Waals surface area contributed by atoms with Gasteiger partial charge in [-0.25, -0.2) is 0 Å². The molecule has 2 aliphatic heterocycles. The molecule has 0 saturated carbocycles. The Morgan fingerprint density at radius 2 is 1.48 bits per heavy atom. The lowest BCUT2D eigenvalue weighted by atomic mass is 9.56. The van der Waals surface area contributed by atoms with Crippen LogP contribution >= 0.6 is 0 Å². The van der Waals surface area contributed by atoms with E-state index in [9.17, 15) is 0 Å². The van der Waals surface area contributed by atoms with E-state index in [0.717, 1.165) is 13.2 Å². The van der Waals surface area contributed by atoms with Crippen LogP contribution < -0.4 is 0 Å². The SMILES string of the molecule is CC(C)N1C(C)CC(C)(C)CC2(COC2)C(C)(C)CC1C. The first-order valence-corrected chi connectivity index (χ1v) is 8.85. The average molecular weight is 296 g/mol. The summed E-state index contributed by atoms with van der Waals surface area (Å²) >= 11 is 0. The van der Waals surface area contributed by atoms with Crippen molar-refractivity contribution in [3.05, 3.63) is 0 Å². The Labute approximate surface area is 132 Å². The zero-order valence-electron chi connectivity index (χ0n) is 15.6. The van der Waals surface area contributed by atoms with E-state index in [1.54, 1.807) is 0 Å². The highest BCUT2D eigenvalue weighted by atomic mass is 16.5. The molecule has 2 rings (SSSR count). The number of nitrogens with zero attached hydrogens (tertiary/aromatic N) is 1. The molecule has 124 valence electrons. The zero-order valence-corrected chi connectivity index (χ0v) is 15.6. The minimum absolute atomic E-state index is 0.346. The molecular weight excluding hydrogens is 258 g/mol. The van der Waals surface area contributed by atoms with Crippen LogP contribution in [-0.2, 0) is 4.74 Å². The Hall–Kier alpha value is -0.0800. The normalized spacial score (nSPS) is 35.9. The van der Waals surface area contributed by atoms with Crippen LogP contribution in [0.3, 0.4) is 0 Å². The third-order valence-corrected chi connectivity index (χ3v) is 6.28. The molecule has 0 aliphatic carbocycles. The lowest BCUT2D eigenvalue weighted by Gasteiger charge is -2.56. The summed E-state index contributed by atoms with van der Waals surface area (Å²) in [6, 6.07) is 1.91. The molecule has 0 aromatic rings. The van der Waals surface area contributed by atoms with E-state index >= 15 is 0 Å². The first kappa shape index (κ1) is 17.3. The van der Waals surface area contributed by atoms with Crippen LogP contribution in [0.2, 0.25) is 0 Å². The molecule has 2 unspecified atom stereocenters. The maximum atomic E-state index is 5.70. The molecule has 2 heterocycles. The Balaban J connectivity index is 2.37. The maximum absolute atomic E-state index is 5.70. The van der Waals surface area contributed by atoms with Crippen molar-refractivity contribution in [2.75, 3.05) is 13.2 Å². The lowest BCUT2D eigenvalue weighted by Crippen LogP contribution is -2.56. The van der Waals surface area contributed by atoms with Gasteiger partial charge in [0, 0.05) is 23.5 Å². The van der Waals surface area contributed by atoms with Crippen LogP contribution in [0.25, 0.3) is 0 Å². The lowest BCUT2D eigenvalue weighted by molar-refractivity contribution is -0.195. The molecule has 2 saturated heterocycles. The molecule has 2 heteroatoms. The monoisotopic (exact) mass is 295 g/mol. The molecule has 0 N–H and O–H groups in total. The van der Waals surface area contributed by atoms with Gasteiger partial charge in [-0.1, -0.05) is 27.7 Å². The Morgan fingerprint density at radius 1 is 0.952 bits per heavy atom. The van der Waals surface area contributed by atoms with Crippen molar-refractivity contribution in [2.45, 2.75) is 92.8 Å². The summed E-state index contributed by atoms with van der Waals surface area (Å²) in [5.74, 6) is 0. The second-order valence-electron chi connectivity index (χ2n) is 9.65. The third kappa shape index (κ3) is 3.17. The number of hydrogen-bond donors (Lipinski definition) is 0. The summed E-state index contributed by atoms with van der Waals surface area (Å²) in [6.07, 6.45) is 3.86. The smallest absolute Gasteiger partial charge is 0.0550 e. The predicted octanol–water partition coefficient (Wildman–Crippen LogP) is 4.73. The van der Waals surface area contributed by atoms with Crippen LogP contribution in [-0.4, -0.2) is 36.2 Å². The van der Waals surface area contributed by atoms with Crippen molar-refractivity contribution >= 4 is 0 Å². The molecule has 0 radical (unpaired) electrons. The van der Waals surface area contributed by atoms with E-state index in [4.69, 9.17) is 4.74 Å². The van der Waals surface area contributed by atoms with Crippen LogP contribution in [0.4, 0.5) is 0 Å². The van der Waals surface area contributed by atoms with E-state index < -0.39 is 0 Å². The molecule has 2 fully saturated rings. The van der Waals surface area contributed by atoms with Crippen molar-refractivity contribution in [2.24, 2.45) is 16.2 Å². The maximum Gasteiger partial charge on any atom is 0.0550 e. The van der Waals surface area contributed by atoms with Crippen molar-refractivity contribution in [1.82, 2.24) is 4.90 Å². The highest BCUT2D eigenvalue weighted by Gasteiger charge is 2.54. The zero-order chi connectivity index (χ0) is 16.1. The fraction of sp³-hybridized carbons (Fsp3) is 1.00. The van der Waals surface area contributed by atoms with E-state index in [1.165, 1.54) is 19.3 Å². The van der Waals surface area contributed by atoms with Gasteiger partial charge in [0.05, 0.1) is 13.2 Å². The van der Waals surface area contributed by atoms with Crippen LogP contribution in [0.15, 0.2) is 0 Å². The molecule has 2 atom stereocenters. The topological polar surface area (TPSA) is 12.5 Å². The molecule has 21 heavy (non-hydrogen) atoms. The van der Waals surface area contributed by atoms with Crippen molar-refractivity contribution in [1.29, 1.82) is 0 Å². The average Bonchev–Trinajstić information content (AvgIpc) is 2.21. The minimum atomic E-state index is 0.346. The fourth-order valence-corrected chi connectivity index (χ4v) is 5.49. The van der Waals surface area contributed by atoms with Gasteiger partial charge in [0.15, 0.2) is 0 Å². The van der Waals surface area contributed by atoms with Gasteiger partial charge in [-0.15, -0.1) is 0 Å². The molecule has 0 aromatic heterocycles.